The fourth-order valence-corrected chi connectivity index (χ4v) is 3.34. The van der Waals surface area contributed by atoms with E-state index in [0.717, 1.165) is 17.7 Å². The Hall–Kier alpha value is -2.95. The van der Waals surface area contributed by atoms with Gasteiger partial charge < -0.3 is 4.57 Å². The van der Waals surface area contributed by atoms with Crippen LogP contribution in [0.4, 0.5) is 0 Å². The molecule has 0 aliphatic carbocycles. The number of imidazole rings is 1. The number of aromatic nitrogens is 2. The molecule has 3 rings (SSSR count). The van der Waals surface area contributed by atoms with Crippen molar-refractivity contribution >= 4 is 10.0 Å². The smallest absolute Gasteiger partial charge is 0.240 e. The highest BCUT2D eigenvalue weighted by Gasteiger charge is 2.13. The first-order chi connectivity index (χ1) is 12.1. The fourth-order valence-electron chi connectivity index (χ4n) is 2.32. The third-order valence-corrected chi connectivity index (χ3v) is 5.12. The van der Waals surface area contributed by atoms with Crippen LogP contribution in [0.5, 0.6) is 0 Å². The molecule has 6 nitrogen and oxygen atoms in total. The number of nitriles is 1. The molecule has 0 radical (unpaired) electrons. The molecule has 1 aromatic heterocycles. The maximum atomic E-state index is 12.3. The minimum absolute atomic E-state index is 0.142. The van der Waals surface area contributed by atoms with Crippen LogP contribution in [0.25, 0.3) is 0 Å². The molecule has 126 valence electrons. The first kappa shape index (κ1) is 16.9. The molecule has 0 atom stereocenters. The number of sulfonamides is 1. The molecule has 0 aliphatic rings. The Morgan fingerprint density at radius 3 is 2.32 bits per heavy atom. The summed E-state index contributed by atoms with van der Waals surface area (Å²) in [5, 5.41) is 8.77. The van der Waals surface area contributed by atoms with Gasteiger partial charge in [-0.15, -0.1) is 0 Å². The number of rotatable bonds is 6. The molecule has 1 heterocycles. The van der Waals surface area contributed by atoms with Gasteiger partial charge in [-0.2, -0.15) is 5.26 Å². The first-order valence-corrected chi connectivity index (χ1v) is 9.08. The van der Waals surface area contributed by atoms with Gasteiger partial charge in [0.05, 0.1) is 22.9 Å². The number of nitrogens with zero attached hydrogens (tertiary/aromatic N) is 3. The van der Waals surface area contributed by atoms with Gasteiger partial charge in [-0.25, -0.2) is 18.1 Å². The van der Waals surface area contributed by atoms with Crippen LogP contribution in [-0.2, 0) is 23.1 Å². The molecule has 0 unspecified atom stereocenters. The Morgan fingerprint density at radius 1 is 1.04 bits per heavy atom. The average molecular weight is 352 g/mol. The number of hydrogen-bond acceptors (Lipinski definition) is 4. The molecular weight excluding hydrogens is 336 g/mol. The van der Waals surface area contributed by atoms with E-state index in [1.165, 1.54) is 24.3 Å². The quantitative estimate of drug-likeness (QED) is 0.737. The van der Waals surface area contributed by atoms with E-state index in [9.17, 15) is 8.42 Å². The minimum Gasteiger partial charge on any atom is -0.333 e. The predicted molar refractivity (Wildman–Crippen MR) is 93.0 cm³/mol. The fraction of sp³-hybridized carbons (Fsp3) is 0.111. The lowest BCUT2D eigenvalue weighted by molar-refractivity contribution is 0.581. The molecule has 2 aromatic carbocycles. The predicted octanol–water partition coefficient (Wildman–Crippen LogP) is 2.28. The van der Waals surface area contributed by atoms with Crippen molar-refractivity contribution in [1.29, 1.82) is 5.26 Å². The van der Waals surface area contributed by atoms with Crippen LogP contribution >= 0.6 is 0 Å². The van der Waals surface area contributed by atoms with E-state index < -0.39 is 10.0 Å². The van der Waals surface area contributed by atoms with E-state index in [2.05, 4.69) is 9.71 Å². The summed E-state index contributed by atoms with van der Waals surface area (Å²) in [5.74, 6) is 0. The minimum atomic E-state index is -3.61. The zero-order chi connectivity index (χ0) is 17.7. The van der Waals surface area contributed by atoms with Gasteiger partial charge in [-0.3, -0.25) is 0 Å². The van der Waals surface area contributed by atoms with E-state index in [-0.39, 0.29) is 11.4 Å². The van der Waals surface area contributed by atoms with Crippen molar-refractivity contribution in [2.24, 2.45) is 0 Å². The Labute approximate surface area is 146 Å². The lowest BCUT2D eigenvalue weighted by Crippen LogP contribution is -2.23. The largest absolute Gasteiger partial charge is 0.333 e. The maximum Gasteiger partial charge on any atom is 0.240 e. The topological polar surface area (TPSA) is 87.8 Å². The zero-order valence-corrected chi connectivity index (χ0v) is 14.1. The van der Waals surface area contributed by atoms with Gasteiger partial charge in [0.2, 0.25) is 10.0 Å². The third kappa shape index (κ3) is 4.32. The highest BCUT2D eigenvalue weighted by Crippen LogP contribution is 2.12. The van der Waals surface area contributed by atoms with Gasteiger partial charge in [-0.1, -0.05) is 24.3 Å². The van der Waals surface area contributed by atoms with Gasteiger partial charge in [0.25, 0.3) is 0 Å². The van der Waals surface area contributed by atoms with Crippen LogP contribution in [0.2, 0.25) is 0 Å². The second kappa shape index (κ2) is 7.30. The summed E-state index contributed by atoms with van der Waals surface area (Å²) in [6.45, 7) is 0.922. The van der Waals surface area contributed by atoms with Crippen molar-refractivity contribution in [1.82, 2.24) is 14.3 Å². The van der Waals surface area contributed by atoms with Crippen LogP contribution in [0.1, 0.15) is 16.7 Å². The molecular formula is C18H16N4O2S. The van der Waals surface area contributed by atoms with Gasteiger partial charge in [-0.05, 0) is 35.4 Å². The Bertz CT molecular complexity index is 971. The molecule has 3 aromatic rings. The van der Waals surface area contributed by atoms with E-state index in [0.29, 0.717) is 5.56 Å². The summed E-state index contributed by atoms with van der Waals surface area (Å²) in [4.78, 5) is 4.14. The summed E-state index contributed by atoms with van der Waals surface area (Å²) in [6.07, 6.45) is 5.37. The zero-order valence-electron chi connectivity index (χ0n) is 13.3. The molecule has 0 aliphatic heterocycles. The van der Waals surface area contributed by atoms with Crippen LogP contribution < -0.4 is 4.72 Å². The summed E-state index contributed by atoms with van der Waals surface area (Å²) in [7, 11) is -3.61. The molecule has 0 fully saturated rings. The highest BCUT2D eigenvalue weighted by molar-refractivity contribution is 7.89. The van der Waals surface area contributed by atoms with Gasteiger partial charge >= 0.3 is 0 Å². The monoisotopic (exact) mass is 352 g/mol. The molecule has 0 saturated carbocycles. The summed E-state index contributed by atoms with van der Waals surface area (Å²) in [5.41, 5.74) is 2.40. The molecule has 7 heteroatoms. The number of nitrogens with one attached hydrogen (secondary N) is 1. The van der Waals surface area contributed by atoms with Crippen molar-refractivity contribution in [2.75, 3.05) is 0 Å². The van der Waals surface area contributed by atoms with Crippen molar-refractivity contribution < 1.29 is 8.42 Å². The number of benzene rings is 2. The lowest BCUT2D eigenvalue weighted by atomic mass is 10.1. The Balaban J connectivity index is 1.63. The summed E-state index contributed by atoms with van der Waals surface area (Å²) in [6, 6.07) is 15.5. The standard InChI is InChI=1S/C18H16N4O2S/c19-11-15-5-7-18(8-6-15)25(23,24)21-12-16-1-3-17(4-2-16)13-22-10-9-20-14-22/h1-10,14,21H,12-13H2. The van der Waals surface area contributed by atoms with E-state index in [1.807, 2.05) is 41.1 Å². The molecule has 0 saturated heterocycles. The van der Waals surface area contributed by atoms with Crippen LogP contribution in [-0.4, -0.2) is 18.0 Å². The van der Waals surface area contributed by atoms with Crippen molar-refractivity contribution in [3.8, 4) is 6.07 Å². The molecule has 1 N–H and O–H groups in total. The van der Waals surface area contributed by atoms with Gasteiger partial charge in [0, 0.05) is 25.5 Å². The van der Waals surface area contributed by atoms with E-state index in [1.54, 1.807) is 12.5 Å². The van der Waals surface area contributed by atoms with Crippen molar-refractivity contribution in [2.45, 2.75) is 18.0 Å². The van der Waals surface area contributed by atoms with Crippen LogP contribution in [0.15, 0.2) is 72.1 Å². The summed E-state index contributed by atoms with van der Waals surface area (Å²) < 4.78 is 29.1. The van der Waals surface area contributed by atoms with Gasteiger partial charge in [0.1, 0.15) is 0 Å². The molecule has 25 heavy (non-hydrogen) atoms. The molecule has 0 bridgehead atoms. The Morgan fingerprint density at radius 2 is 1.72 bits per heavy atom. The van der Waals surface area contributed by atoms with Crippen molar-refractivity contribution in [3.05, 3.63) is 83.9 Å². The molecule has 0 spiro atoms. The second-order valence-corrected chi connectivity index (χ2v) is 7.28. The lowest BCUT2D eigenvalue weighted by Gasteiger charge is -2.08. The first-order valence-electron chi connectivity index (χ1n) is 7.60. The summed E-state index contributed by atoms with van der Waals surface area (Å²) >= 11 is 0. The highest BCUT2D eigenvalue weighted by atomic mass is 32.2. The van der Waals surface area contributed by atoms with Crippen LogP contribution in [0.3, 0.4) is 0 Å². The van der Waals surface area contributed by atoms with Crippen LogP contribution in [0, 0.1) is 11.3 Å². The average Bonchev–Trinajstić information content (AvgIpc) is 3.14. The van der Waals surface area contributed by atoms with Crippen molar-refractivity contribution in [3.63, 3.8) is 0 Å². The molecule has 0 amide bonds. The third-order valence-electron chi connectivity index (χ3n) is 3.71. The van der Waals surface area contributed by atoms with E-state index in [4.69, 9.17) is 5.26 Å². The normalized spacial score (nSPS) is 11.2. The van der Waals surface area contributed by atoms with E-state index >= 15 is 0 Å². The second-order valence-electron chi connectivity index (χ2n) is 5.51. The van der Waals surface area contributed by atoms with Gasteiger partial charge in [0.15, 0.2) is 0 Å². The number of hydrogen-bond donors (Lipinski definition) is 1. The SMILES string of the molecule is N#Cc1ccc(S(=O)(=O)NCc2ccc(Cn3ccnc3)cc2)cc1. The maximum absolute atomic E-state index is 12.3. The Kier molecular flexibility index (Phi) is 4.93.